The van der Waals surface area contributed by atoms with Crippen molar-refractivity contribution >= 4 is 11.4 Å². The van der Waals surface area contributed by atoms with Gasteiger partial charge >= 0.3 is 0 Å². The van der Waals surface area contributed by atoms with E-state index in [1.807, 2.05) is 6.92 Å². The predicted octanol–water partition coefficient (Wildman–Crippen LogP) is 0.168. The Kier molecular flexibility index (Phi) is 6.03. The minimum absolute atomic E-state index is 0.0127. The zero-order valence-electron chi connectivity index (χ0n) is 9.44. The molecule has 0 aliphatic rings. The summed E-state index contributed by atoms with van der Waals surface area (Å²) in [7, 11) is 0. The van der Waals surface area contributed by atoms with Crippen LogP contribution >= 0.6 is 0 Å². The van der Waals surface area contributed by atoms with Gasteiger partial charge in [0.05, 0.1) is 4.92 Å². The number of non-ortho nitro benzene ring substituents is 1. The molecule has 0 atom stereocenters. The Bertz CT molecular complexity index is 432. The first-order chi connectivity index (χ1) is 8.23. The van der Waals surface area contributed by atoms with Gasteiger partial charge in [-0.05, 0) is 12.5 Å². The summed E-state index contributed by atoms with van der Waals surface area (Å²) in [5.41, 5.74) is 12.1. The van der Waals surface area contributed by atoms with Gasteiger partial charge in [0.2, 0.25) is 0 Å². The zero-order valence-corrected chi connectivity index (χ0v) is 9.44. The van der Waals surface area contributed by atoms with Crippen LogP contribution in [-0.2, 0) is 0 Å². The van der Waals surface area contributed by atoms with Gasteiger partial charge in [0.25, 0.3) is 10.8 Å². The third-order valence-electron chi connectivity index (χ3n) is 1.75. The van der Waals surface area contributed by atoms with Crippen LogP contribution in [0, 0.1) is 27.2 Å². The van der Waals surface area contributed by atoms with Crippen LogP contribution < -0.4 is 16.8 Å². The van der Waals surface area contributed by atoms with Gasteiger partial charge in [-0.1, -0.05) is 6.07 Å². The van der Waals surface area contributed by atoms with Gasteiger partial charge in [-0.25, -0.2) is 0 Å². The van der Waals surface area contributed by atoms with Crippen LogP contribution in [0.5, 0.6) is 0 Å². The number of nitrogens with two attached hydrogens (primary N) is 2. The number of nitrogens with one attached hydrogen (secondary N) is 1. The van der Waals surface area contributed by atoms with Crippen LogP contribution in [0.25, 0.3) is 0 Å². The molecule has 1 rings (SSSR count). The second-order valence-electron chi connectivity index (χ2n) is 3.16. The number of nitro groups is 1. The molecule has 18 heavy (non-hydrogen) atoms. The van der Waals surface area contributed by atoms with E-state index in [0.29, 0.717) is 5.69 Å². The summed E-state index contributed by atoms with van der Waals surface area (Å²) >= 11 is 0. The van der Waals surface area contributed by atoms with Crippen molar-refractivity contribution in [1.82, 2.24) is 0 Å². The zero-order chi connectivity index (χ0) is 14.3. The molecule has 0 unspecified atom stereocenters. The van der Waals surface area contributed by atoms with E-state index in [0.717, 1.165) is 5.56 Å². The number of rotatable bonds is 3. The number of nitrogens with zero attached hydrogens (tertiary/aromatic N) is 2. The molecule has 0 amide bonds. The summed E-state index contributed by atoms with van der Waals surface area (Å²) in [4.78, 5) is 18.4. The SMILES string of the molecule is Cc1ccc([N+](=O)[O-])cc1NC(N)N.O=[N+]([O-])O. The third kappa shape index (κ3) is 6.19. The average Bonchev–Trinajstić information content (AvgIpc) is 2.19. The van der Waals surface area contributed by atoms with E-state index < -0.39 is 16.3 Å². The maximum atomic E-state index is 10.5. The first kappa shape index (κ1) is 15.5. The fourth-order valence-corrected chi connectivity index (χ4v) is 1.06. The molecule has 10 heteroatoms. The molecule has 0 aliphatic heterocycles. The fraction of sp³-hybridized carbons (Fsp3) is 0.250. The highest BCUT2D eigenvalue weighted by Gasteiger charge is 2.08. The summed E-state index contributed by atoms with van der Waals surface area (Å²) in [6.07, 6.45) is -0.726. The highest BCUT2D eigenvalue weighted by atomic mass is 16.9. The normalized spacial score (nSPS) is 9.33. The van der Waals surface area contributed by atoms with E-state index in [4.69, 9.17) is 26.8 Å². The van der Waals surface area contributed by atoms with Crippen molar-refractivity contribution in [1.29, 1.82) is 0 Å². The minimum Gasteiger partial charge on any atom is -0.358 e. The quantitative estimate of drug-likeness (QED) is 0.338. The Hall–Kier alpha value is -2.46. The fourth-order valence-electron chi connectivity index (χ4n) is 1.06. The number of hydrogen-bond donors (Lipinski definition) is 4. The van der Waals surface area contributed by atoms with E-state index in [1.54, 1.807) is 6.07 Å². The Balaban J connectivity index is 0.000000631. The van der Waals surface area contributed by atoms with Crippen LogP contribution in [0.15, 0.2) is 18.2 Å². The summed E-state index contributed by atoms with van der Waals surface area (Å²) < 4.78 is 0. The lowest BCUT2D eigenvalue weighted by Crippen LogP contribution is -2.38. The molecule has 0 bridgehead atoms. The number of benzene rings is 1. The van der Waals surface area contributed by atoms with Gasteiger partial charge in [0.15, 0.2) is 0 Å². The molecule has 0 radical (unpaired) electrons. The summed E-state index contributed by atoms with van der Waals surface area (Å²) in [5, 5.41) is 26.8. The van der Waals surface area contributed by atoms with Crippen LogP contribution in [0.2, 0.25) is 0 Å². The summed E-state index contributed by atoms with van der Waals surface area (Å²) in [5.74, 6) is 0. The molecule has 100 valence electrons. The van der Waals surface area contributed by atoms with E-state index in [2.05, 4.69) is 5.32 Å². The molecule has 0 fully saturated rings. The molecule has 0 heterocycles. The molecule has 0 aromatic heterocycles. The van der Waals surface area contributed by atoms with Crippen LogP contribution in [0.4, 0.5) is 11.4 Å². The highest BCUT2D eigenvalue weighted by Crippen LogP contribution is 2.21. The molecular formula is C8H13N5O5. The van der Waals surface area contributed by atoms with Crippen molar-refractivity contribution in [2.45, 2.75) is 13.2 Å². The van der Waals surface area contributed by atoms with Gasteiger partial charge in [-0.3, -0.25) is 21.6 Å². The number of nitro benzene ring substituents is 1. The minimum atomic E-state index is -1.50. The Morgan fingerprint density at radius 3 is 2.22 bits per heavy atom. The average molecular weight is 259 g/mol. The van der Waals surface area contributed by atoms with Crippen LogP contribution in [0.3, 0.4) is 0 Å². The molecule has 0 saturated heterocycles. The number of anilines is 1. The first-order valence-electron chi connectivity index (χ1n) is 4.60. The third-order valence-corrected chi connectivity index (χ3v) is 1.75. The van der Waals surface area contributed by atoms with Gasteiger partial charge < -0.3 is 10.5 Å². The van der Waals surface area contributed by atoms with Crippen molar-refractivity contribution in [3.63, 3.8) is 0 Å². The second-order valence-corrected chi connectivity index (χ2v) is 3.16. The van der Waals surface area contributed by atoms with Gasteiger partial charge in [0, 0.05) is 17.8 Å². The maximum absolute atomic E-state index is 10.5. The molecule has 1 aromatic carbocycles. The Labute approximate surface area is 101 Å². The largest absolute Gasteiger partial charge is 0.358 e. The Morgan fingerprint density at radius 1 is 1.33 bits per heavy atom. The predicted molar refractivity (Wildman–Crippen MR) is 62.4 cm³/mol. The molecular weight excluding hydrogens is 246 g/mol. The Morgan fingerprint density at radius 2 is 1.83 bits per heavy atom. The maximum Gasteiger partial charge on any atom is 0.291 e. The van der Waals surface area contributed by atoms with E-state index >= 15 is 0 Å². The van der Waals surface area contributed by atoms with Gasteiger partial charge in [-0.2, -0.15) is 0 Å². The molecule has 1 aromatic rings. The highest BCUT2D eigenvalue weighted by molar-refractivity contribution is 5.57. The summed E-state index contributed by atoms with van der Waals surface area (Å²) in [6, 6.07) is 4.48. The monoisotopic (exact) mass is 259 g/mol. The molecule has 0 aliphatic carbocycles. The van der Waals surface area contributed by atoms with Gasteiger partial charge in [0.1, 0.15) is 6.29 Å². The molecule has 0 spiro atoms. The summed E-state index contributed by atoms with van der Waals surface area (Å²) in [6.45, 7) is 1.81. The van der Waals surface area contributed by atoms with Crippen molar-refractivity contribution in [2.75, 3.05) is 5.32 Å². The molecule has 6 N–H and O–H groups in total. The van der Waals surface area contributed by atoms with Crippen molar-refractivity contribution in [2.24, 2.45) is 11.5 Å². The van der Waals surface area contributed by atoms with Gasteiger partial charge in [-0.15, -0.1) is 10.1 Å². The molecule has 10 nitrogen and oxygen atoms in total. The van der Waals surface area contributed by atoms with Crippen LogP contribution in [-0.4, -0.2) is 21.5 Å². The van der Waals surface area contributed by atoms with E-state index in [1.165, 1.54) is 12.1 Å². The topological polar surface area (TPSA) is 171 Å². The van der Waals surface area contributed by atoms with Crippen molar-refractivity contribution < 1.29 is 15.2 Å². The van der Waals surface area contributed by atoms with Crippen molar-refractivity contribution in [3.05, 3.63) is 44.0 Å². The number of aryl methyl sites for hydroxylation is 1. The smallest absolute Gasteiger partial charge is 0.291 e. The number of hydrogen-bond acceptors (Lipinski definition) is 7. The second kappa shape index (κ2) is 6.98. The standard InChI is InChI=1S/C8H12N4O2.HNO3/c1-5-2-3-6(12(13)14)4-7(5)11-8(9)10;2-1(3)4/h2-4,8,11H,9-10H2,1H3;(H,2,3,4). The lowest BCUT2D eigenvalue weighted by atomic mass is 10.2. The van der Waals surface area contributed by atoms with E-state index in [-0.39, 0.29) is 5.69 Å². The van der Waals surface area contributed by atoms with E-state index in [9.17, 15) is 10.1 Å². The van der Waals surface area contributed by atoms with Crippen molar-refractivity contribution in [3.8, 4) is 0 Å². The molecule has 0 saturated carbocycles. The van der Waals surface area contributed by atoms with Crippen LogP contribution in [0.1, 0.15) is 5.56 Å². The first-order valence-corrected chi connectivity index (χ1v) is 4.60. The lowest BCUT2D eigenvalue weighted by molar-refractivity contribution is -0.742. The lowest BCUT2D eigenvalue weighted by Gasteiger charge is -2.11.